The van der Waals surface area contributed by atoms with Crippen molar-refractivity contribution in [3.63, 3.8) is 0 Å². The molecule has 0 aliphatic carbocycles. The molecule has 0 bridgehead atoms. The molecule has 2 aromatic rings. The third kappa shape index (κ3) is 6.22. The average molecular weight is 370 g/mol. The zero-order valence-corrected chi connectivity index (χ0v) is 15.6. The number of benzene rings is 2. The second-order valence-corrected chi connectivity index (χ2v) is 6.13. The lowest BCUT2D eigenvalue weighted by Gasteiger charge is -2.12. The van der Waals surface area contributed by atoms with Crippen LogP contribution >= 0.6 is 12.2 Å². The molecule has 0 heterocycles. The van der Waals surface area contributed by atoms with Gasteiger partial charge in [0.25, 0.3) is 5.91 Å². The predicted octanol–water partition coefficient (Wildman–Crippen LogP) is 4.17. The molecule has 0 saturated heterocycles. The summed E-state index contributed by atoms with van der Waals surface area (Å²) in [4.78, 5) is 12.3. The minimum absolute atomic E-state index is 0.0812. The molecule has 0 radical (unpaired) electrons. The van der Waals surface area contributed by atoms with Crippen LogP contribution in [-0.4, -0.2) is 23.7 Å². The van der Waals surface area contributed by atoms with Crippen LogP contribution in [0.5, 0.6) is 11.5 Å². The van der Waals surface area contributed by atoms with Crippen LogP contribution < -0.4 is 20.1 Å². The fraction of sp³-hybridized carbons (Fsp3) is 0.200. The van der Waals surface area contributed by atoms with Gasteiger partial charge in [-0.05, 0) is 62.5 Å². The maximum absolute atomic E-state index is 12.3. The molecule has 5 nitrogen and oxygen atoms in total. The Kier molecular flexibility index (Phi) is 7.17. The summed E-state index contributed by atoms with van der Waals surface area (Å²) < 4.78 is 11.0. The van der Waals surface area contributed by atoms with Crippen molar-refractivity contribution in [1.82, 2.24) is 5.32 Å². The summed E-state index contributed by atoms with van der Waals surface area (Å²) in [6.07, 6.45) is 1.75. The third-order valence-electron chi connectivity index (χ3n) is 3.18. The second-order valence-electron chi connectivity index (χ2n) is 5.73. The minimum atomic E-state index is -0.294. The van der Waals surface area contributed by atoms with Gasteiger partial charge in [0.15, 0.2) is 5.11 Å². The number of amides is 1. The summed E-state index contributed by atoms with van der Waals surface area (Å²) in [5, 5.41) is 5.82. The van der Waals surface area contributed by atoms with E-state index in [-0.39, 0.29) is 17.1 Å². The first-order valence-corrected chi connectivity index (χ1v) is 8.61. The Bertz CT molecular complexity index is 773. The van der Waals surface area contributed by atoms with Crippen molar-refractivity contribution in [3.8, 4) is 11.5 Å². The van der Waals surface area contributed by atoms with Crippen LogP contribution in [0.25, 0.3) is 0 Å². The standard InChI is InChI=1S/C20H22N2O3S/c1-4-12-24-18-7-5-6-16(13-18)21-20(26)22-19(23)15-8-10-17(11-9-15)25-14(2)3/h4-11,13-14H,1,12H2,2-3H3,(H2,21,22,23,26). The van der Waals surface area contributed by atoms with Crippen molar-refractivity contribution in [2.45, 2.75) is 20.0 Å². The van der Waals surface area contributed by atoms with Gasteiger partial charge in [-0.15, -0.1) is 0 Å². The molecule has 0 saturated carbocycles. The highest BCUT2D eigenvalue weighted by Crippen LogP contribution is 2.17. The fourth-order valence-electron chi connectivity index (χ4n) is 2.11. The maximum Gasteiger partial charge on any atom is 0.257 e. The lowest BCUT2D eigenvalue weighted by molar-refractivity contribution is 0.0977. The number of anilines is 1. The summed E-state index contributed by atoms with van der Waals surface area (Å²) in [6.45, 7) is 7.92. The molecule has 136 valence electrons. The number of nitrogens with one attached hydrogen (secondary N) is 2. The number of carbonyl (C=O) groups excluding carboxylic acids is 1. The van der Waals surface area contributed by atoms with E-state index in [0.29, 0.717) is 23.7 Å². The smallest absolute Gasteiger partial charge is 0.257 e. The first-order chi connectivity index (χ1) is 12.5. The van der Waals surface area contributed by atoms with Gasteiger partial charge in [-0.3, -0.25) is 10.1 Å². The molecular weight excluding hydrogens is 348 g/mol. The van der Waals surface area contributed by atoms with E-state index in [1.165, 1.54) is 0 Å². The molecule has 0 unspecified atom stereocenters. The monoisotopic (exact) mass is 370 g/mol. The summed E-state index contributed by atoms with van der Waals surface area (Å²) >= 11 is 5.20. The van der Waals surface area contributed by atoms with Crippen LogP contribution in [0.15, 0.2) is 61.2 Å². The van der Waals surface area contributed by atoms with Crippen molar-refractivity contribution in [2.24, 2.45) is 0 Å². The third-order valence-corrected chi connectivity index (χ3v) is 3.38. The molecule has 0 spiro atoms. The number of rotatable bonds is 7. The zero-order valence-electron chi connectivity index (χ0n) is 14.8. The lowest BCUT2D eigenvalue weighted by atomic mass is 10.2. The number of hydrogen-bond acceptors (Lipinski definition) is 4. The van der Waals surface area contributed by atoms with E-state index < -0.39 is 0 Å². The topological polar surface area (TPSA) is 59.6 Å². The molecule has 2 rings (SSSR count). The van der Waals surface area contributed by atoms with Crippen LogP contribution in [-0.2, 0) is 0 Å². The van der Waals surface area contributed by atoms with E-state index in [1.807, 2.05) is 32.0 Å². The van der Waals surface area contributed by atoms with Crippen LogP contribution in [0.3, 0.4) is 0 Å². The highest BCUT2D eigenvalue weighted by molar-refractivity contribution is 7.80. The maximum atomic E-state index is 12.3. The molecule has 0 fully saturated rings. The van der Waals surface area contributed by atoms with Crippen molar-refractivity contribution in [1.29, 1.82) is 0 Å². The van der Waals surface area contributed by atoms with Gasteiger partial charge in [-0.2, -0.15) is 0 Å². The van der Waals surface area contributed by atoms with E-state index >= 15 is 0 Å². The molecule has 6 heteroatoms. The number of thiocarbonyl (C=S) groups is 1. The van der Waals surface area contributed by atoms with Gasteiger partial charge >= 0.3 is 0 Å². The molecule has 0 aromatic heterocycles. The summed E-state index contributed by atoms with van der Waals surface area (Å²) in [6, 6.07) is 14.2. The van der Waals surface area contributed by atoms with Crippen LogP contribution in [0.2, 0.25) is 0 Å². The van der Waals surface area contributed by atoms with Crippen molar-refractivity contribution < 1.29 is 14.3 Å². The zero-order chi connectivity index (χ0) is 18.9. The summed E-state index contributed by atoms with van der Waals surface area (Å²) in [5.41, 5.74) is 1.21. The Labute approximate surface area is 159 Å². The lowest BCUT2D eigenvalue weighted by Crippen LogP contribution is -2.34. The van der Waals surface area contributed by atoms with Gasteiger partial charge in [0, 0.05) is 17.3 Å². The number of ether oxygens (including phenoxy) is 2. The molecule has 2 N–H and O–H groups in total. The van der Waals surface area contributed by atoms with Gasteiger partial charge in [0.1, 0.15) is 18.1 Å². The van der Waals surface area contributed by atoms with Crippen molar-refractivity contribution in [2.75, 3.05) is 11.9 Å². The van der Waals surface area contributed by atoms with Crippen LogP contribution in [0, 0.1) is 0 Å². The molecule has 1 amide bonds. The summed E-state index contributed by atoms with van der Waals surface area (Å²) in [5.74, 6) is 1.11. The molecule has 26 heavy (non-hydrogen) atoms. The SMILES string of the molecule is C=CCOc1cccc(NC(=S)NC(=O)c2ccc(OC(C)C)cc2)c1. The Morgan fingerprint density at radius 3 is 2.58 bits per heavy atom. The van der Waals surface area contributed by atoms with E-state index in [9.17, 15) is 4.79 Å². The van der Waals surface area contributed by atoms with Gasteiger partial charge in [-0.1, -0.05) is 18.7 Å². The summed E-state index contributed by atoms with van der Waals surface area (Å²) in [7, 11) is 0. The van der Waals surface area contributed by atoms with E-state index in [0.717, 1.165) is 5.69 Å². The van der Waals surface area contributed by atoms with Gasteiger partial charge in [0.2, 0.25) is 0 Å². The van der Waals surface area contributed by atoms with Crippen molar-refractivity contribution in [3.05, 3.63) is 66.7 Å². The first-order valence-electron chi connectivity index (χ1n) is 8.20. The normalized spacial score (nSPS) is 10.1. The Hall–Kier alpha value is -2.86. The van der Waals surface area contributed by atoms with Gasteiger partial charge in [0.05, 0.1) is 6.10 Å². The minimum Gasteiger partial charge on any atom is -0.491 e. The Morgan fingerprint density at radius 2 is 1.92 bits per heavy atom. The molecule has 0 aliphatic heterocycles. The molecular formula is C20H22N2O3S. The number of hydrogen-bond donors (Lipinski definition) is 2. The average Bonchev–Trinajstić information content (AvgIpc) is 2.60. The van der Waals surface area contributed by atoms with E-state index in [4.69, 9.17) is 21.7 Å². The second kappa shape index (κ2) is 9.58. The highest BCUT2D eigenvalue weighted by Gasteiger charge is 2.09. The van der Waals surface area contributed by atoms with E-state index in [2.05, 4.69) is 17.2 Å². The molecule has 2 aromatic carbocycles. The quantitative estimate of drug-likeness (QED) is 0.566. The Balaban J connectivity index is 1.92. The predicted molar refractivity (Wildman–Crippen MR) is 108 cm³/mol. The van der Waals surface area contributed by atoms with Gasteiger partial charge < -0.3 is 14.8 Å². The van der Waals surface area contributed by atoms with Gasteiger partial charge in [-0.25, -0.2) is 0 Å². The first kappa shape index (κ1) is 19.5. The number of carbonyl (C=O) groups is 1. The van der Waals surface area contributed by atoms with Crippen LogP contribution in [0.1, 0.15) is 24.2 Å². The largest absolute Gasteiger partial charge is 0.491 e. The van der Waals surface area contributed by atoms with Crippen molar-refractivity contribution >= 4 is 28.9 Å². The van der Waals surface area contributed by atoms with Crippen LogP contribution in [0.4, 0.5) is 5.69 Å². The molecule has 0 aliphatic rings. The van der Waals surface area contributed by atoms with E-state index in [1.54, 1.807) is 36.4 Å². The highest BCUT2D eigenvalue weighted by atomic mass is 32.1. The Morgan fingerprint density at radius 1 is 1.19 bits per heavy atom. The fourth-order valence-corrected chi connectivity index (χ4v) is 2.32. The molecule has 0 atom stereocenters.